The zero-order chi connectivity index (χ0) is 10.3. The molecule has 1 aliphatic rings. The van der Waals surface area contributed by atoms with Crippen molar-refractivity contribution in [2.75, 3.05) is 0 Å². The van der Waals surface area contributed by atoms with Crippen LogP contribution in [0.25, 0.3) is 10.9 Å². The van der Waals surface area contributed by atoms with Gasteiger partial charge in [0.1, 0.15) is 12.5 Å². The summed E-state index contributed by atoms with van der Waals surface area (Å²) >= 11 is 0. The number of allylic oxidation sites excluding steroid dienone is 1. The zero-order valence-electron chi connectivity index (χ0n) is 8.18. The van der Waals surface area contributed by atoms with Crippen molar-refractivity contribution in [1.29, 1.82) is 0 Å². The summed E-state index contributed by atoms with van der Waals surface area (Å²) in [5.74, 6) is 0.919. The SMILES string of the molecule is OCn1ccc2c3c(ccc21)CC=CO3. The highest BCUT2D eigenvalue weighted by atomic mass is 16.5. The summed E-state index contributed by atoms with van der Waals surface area (Å²) in [6.45, 7) is -0.00186. The van der Waals surface area contributed by atoms with Crippen molar-refractivity contribution in [2.45, 2.75) is 13.2 Å². The predicted octanol–water partition coefficient (Wildman–Crippen LogP) is 2.04. The van der Waals surface area contributed by atoms with E-state index in [0.29, 0.717) is 0 Å². The number of hydrogen-bond acceptors (Lipinski definition) is 2. The molecule has 0 saturated heterocycles. The minimum Gasteiger partial charge on any atom is -0.464 e. The third-order valence-corrected chi connectivity index (χ3v) is 2.76. The Labute approximate surface area is 87.2 Å². The minimum atomic E-state index is -0.00186. The maximum atomic E-state index is 9.14. The highest BCUT2D eigenvalue weighted by Crippen LogP contribution is 2.33. The van der Waals surface area contributed by atoms with Gasteiger partial charge in [0.15, 0.2) is 0 Å². The zero-order valence-corrected chi connectivity index (χ0v) is 8.18. The molecule has 1 aromatic heterocycles. The first-order valence-electron chi connectivity index (χ1n) is 4.93. The Bertz CT molecular complexity index is 540. The number of nitrogens with zero attached hydrogens (tertiary/aromatic N) is 1. The third-order valence-electron chi connectivity index (χ3n) is 2.76. The summed E-state index contributed by atoms with van der Waals surface area (Å²) < 4.78 is 7.31. The van der Waals surface area contributed by atoms with Crippen molar-refractivity contribution >= 4 is 10.9 Å². The normalized spacial score (nSPS) is 13.9. The second-order valence-electron chi connectivity index (χ2n) is 3.61. The van der Waals surface area contributed by atoms with Gasteiger partial charge >= 0.3 is 0 Å². The molecule has 0 amide bonds. The van der Waals surface area contributed by atoms with Gasteiger partial charge in [-0.05, 0) is 30.2 Å². The summed E-state index contributed by atoms with van der Waals surface area (Å²) in [6.07, 6.45) is 6.50. The van der Waals surface area contributed by atoms with Crippen LogP contribution in [-0.2, 0) is 13.2 Å². The Hall–Kier alpha value is -1.74. The van der Waals surface area contributed by atoms with Crippen LogP contribution in [0.3, 0.4) is 0 Å². The van der Waals surface area contributed by atoms with E-state index in [-0.39, 0.29) is 6.73 Å². The molecule has 2 heterocycles. The van der Waals surface area contributed by atoms with Crippen LogP contribution in [0.15, 0.2) is 36.7 Å². The van der Waals surface area contributed by atoms with Crippen molar-refractivity contribution < 1.29 is 9.84 Å². The average molecular weight is 201 g/mol. The van der Waals surface area contributed by atoms with Crippen LogP contribution in [0.4, 0.5) is 0 Å². The van der Waals surface area contributed by atoms with E-state index < -0.39 is 0 Å². The molecule has 76 valence electrons. The molecule has 0 saturated carbocycles. The lowest BCUT2D eigenvalue weighted by molar-refractivity contribution is 0.215. The lowest BCUT2D eigenvalue weighted by Gasteiger charge is -2.13. The van der Waals surface area contributed by atoms with Gasteiger partial charge in [-0.25, -0.2) is 0 Å². The van der Waals surface area contributed by atoms with Crippen molar-refractivity contribution in [1.82, 2.24) is 4.57 Å². The molecule has 1 aromatic carbocycles. The van der Waals surface area contributed by atoms with E-state index in [1.165, 1.54) is 5.56 Å². The quantitative estimate of drug-likeness (QED) is 0.766. The van der Waals surface area contributed by atoms with Crippen molar-refractivity contribution in [3.05, 3.63) is 42.3 Å². The molecule has 2 aromatic rings. The number of benzene rings is 1. The van der Waals surface area contributed by atoms with E-state index in [1.807, 2.05) is 30.5 Å². The molecular weight excluding hydrogens is 190 g/mol. The molecule has 0 aliphatic carbocycles. The lowest BCUT2D eigenvalue weighted by atomic mass is 10.1. The van der Waals surface area contributed by atoms with Crippen LogP contribution < -0.4 is 4.74 Å². The van der Waals surface area contributed by atoms with Gasteiger partial charge in [0.05, 0.1) is 11.8 Å². The van der Waals surface area contributed by atoms with E-state index in [2.05, 4.69) is 0 Å². The molecular formula is C12H11NO2. The van der Waals surface area contributed by atoms with Crippen molar-refractivity contribution in [3.8, 4) is 5.75 Å². The maximum Gasteiger partial charge on any atom is 0.139 e. The van der Waals surface area contributed by atoms with Gasteiger partial charge < -0.3 is 14.4 Å². The summed E-state index contributed by atoms with van der Waals surface area (Å²) in [4.78, 5) is 0. The summed E-state index contributed by atoms with van der Waals surface area (Å²) in [7, 11) is 0. The Kier molecular flexibility index (Phi) is 1.79. The molecule has 0 fully saturated rings. The van der Waals surface area contributed by atoms with Gasteiger partial charge in [0.25, 0.3) is 0 Å². The number of fused-ring (bicyclic) bond motifs is 3. The van der Waals surface area contributed by atoms with E-state index >= 15 is 0 Å². The van der Waals surface area contributed by atoms with Crippen LogP contribution in [-0.4, -0.2) is 9.67 Å². The number of ether oxygens (including phenoxy) is 1. The Morgan fingerprint density at radius 3 is 3.13 bits per heavy atom. The molecule has 1 aliphatic heterocycles. The standard InChI is InChI=1S/C12H11NO2/c14-8-13-6-5-10-11(13)4-3-9-2-1-7-15-12(9)10/h1,3-7,14H,2,8H2. The summed E-state index contributed by atoms with van der Waals surface area (Å²) in [5.41, 5.74) is 2.20. The maximum absolute atomic E-state index is 9.14. The first-order chi connectivity index (χ1) is 7.40. The third kappa shape index (κ3) is 1.17. The average Bonchev–Trinajstić information content (AvgIpc) is 2.72. The molecule has 0 atom stereocenters. The van der Waals surface area contributed by atoms with Gasteiger partial charge in [-0.15, -0.1) is 0 Å². The molecule has 15 heavy (non-hydrogen) atoms. The first kappa shape index (κ1) is 8.56. The highest BCUT2D eigenvalue weighted by Gasteiger charge is 2.12. The Morgan fingerprint density at radius 2 is 2.27 bits per heavy atom. The van der Waals surface area contributed by atoms with Crippen molar-refractivity contribution in [2.24, 2.45) is 0 Å². The van der Waals surface area contributed by atoms with Gasteiger partial charge in [0, 0.05) is 11.6 Å². The summed E-state index contributed by atoms with van der Waals surface area (Å²) in [6, 6.07) is 6.05. The van der Waals surface area contributed by atoms with Crippen LogP contribution in [0, 0.1) is 0 Å². The van der Waals surface area contributed by atoms with Crippen LogP contribution in [0.5, 0.6) is 5.75 Å². The van der Waals surface area contributed by atoms with E-state index in [1.54, 1.807) is 10.8 Å². The van der Waals surface area contributed by atoms with Crippen molar-refractivity contribution in [3.63, 3.8) is 0 Å². The topological polar surface area (TPSA) is 34.4 Å². The van der Waals surface area contributed by atoms with Gasteiger partial charge in [0.2, 0.25) is 0 Å². The Balaban J connectivity index is 2.30. The summed E-state index contributed by atoms with van der Waals surface area (Å²) in [5, 5.41) is 10.2. The van der Waals surface area contributed by atoms with Crippen LogP contribution in [0.1, 0.15) is 5.56 Å². The number of aliphatic hydroxyl groups is 1. The molecule has 0 spiro atoms. The molecule has 3 rings (SSSR count). The molecule has 1 N–H and O–H groups in total. The fourth-order valence-electron chi connectivity index (χ4n) is 2.01. The number of aliphatic hydroxyl groups excluding tert-OH is 1. The monoisotopic (exact) mass is 201 g/mol. The second-order valence-corrected chi connectivity index (χ2v) is 3.61. The van der Waals surface area contributed by atoms with Gasteiger partial charge in [-0.3, -0.25) is 0 Å². The number of aromatic nitrogens is 1. The largest absolute Gasteiger partial charge is 0.464 e. The van der Waals surface area contributed by atoms with E-state index in [9.17, 15) is 0 Å². The predicted molar refractivity (Wildman–Crippen MR) is 57.6 cm³/mol. The molecule has 0 bridgehead atoms. The lowest BCUT2D eigenvalue weighted by Crippen LogP contribution is -1.98. The van der Waals surface area contributed by atoms with E-state index in [0.717, 1.165) is 23.1 Å². The van der Waals surface area contributed by atoms with Crippen LogP contribution in [0.2, 0.25) is 0 Å². The van der Waals surface area contributed by atoms with Gasteiger partial charge in [-0.2, -0.15) is 0 Å². The first-order valence-corrected chi connectivity index (χ1v) is 4.93. The van der Waals surface area contributed by atoms with Gasteiger partial charge in [-0.1, -0.05) is 6.07 Å². The second kappa shape index (κ2) is 3.14. The highest BCUT2D eigenvalue weighted by molar-refractivity contribution is 5.88. The number of hydrogen-bond donors (Lipinski definition) is 1. The molecule has 0 unspecified atom stereocenters. The van der Waals surface area contributed by atoms with Crippen LogP contribution >= 0.6 is 0 Å². The van der Waals surface area contributed by atoms with E-state index in [4.69, 9.17) is 9.84 Å². The molecule has 3 nitrogen and oxygen atoms in total. The Morgan fingerprint density at radius 1 is 1.33 bits per heavy atom. The smallest absolute Gasteiger partial charge is 0.139 e. The minimum absolute atomic E-state index is 0.00186. The molecule has 0 radical (unpaired) electrons. The molecule has 3 heteroatoms. The fraction of sp³-hybridized carbons (Fsp3) is 0.167. The fourth-order valence-corrected chi connectivity index (χ4v) is 2.01. The number of rotatable bonds is 1.